The second-order valence-corrected chi connectivity index (χ2v) is 10.5. The minimum Gasteiger partial charge on any atom is -0.493 e. The molecule has 0 heterocycles. The fraction of sp³-hybridized carbons (Fsp3) is 0.381. The summed E-state index contributed by atoms with van der Waals surface area (Å²) < 4.78 is 15.9. The standard InChI is InChI=1S/C21H20Br2O4/c1-25-15-10-13(11-16(26-2)17(15)27-3)18-20(21(18,22)23)9-8-12-6-4-5-7-14(12)19(20)24/h4-7,10-11,18H,8-9H2,1-3H3. The van der Waals surface area contributed by atoms with E-state index < -0.39 is 8.65 Å². The zero-order valence-corrected chi connectivity index (χ0v) is 18.5. The van der Waals surface area contributed by atoms with Crippen LogP contribution in [0.15, 0.2) is 36.4 Å². The lowest BCUT2D eigenvalue weighted by Crippen LogP contribution is -2.28. The molecule has 4 nitrogen and oxygen atoms in total. The Balaban J connectivity index is 1.82. The van der Waals surface area contributed by atoms with E-state index in [4.69, 9.17) is 14.2 Å². The maximum Gasteiger partial charge on any atom is 0.203 e. The van der Waals surface area contributed by atoms with E-state index in [1.54, 1.807) is 21.3 Å². The molecule has 2 atom stereocenters. The molecule has 27 heavy (non-hydrogen) atoms. The van der Waals surface area contributed by atoms with Crippen LogP contribution in [0.4, 0.5) is 0 Å². The number of ether oxygens (including phenoxy) is 3. The topological polar surface area (TPSA) is 44.8 Å². The highest BCUT2D eigenvalue weighted by Crippen LogP contribution is 2.79. The van der Waals surface area contributed by atoms with Crippen LogP contribution in [0.25, 0.3) is 0 Å². The molecule has 0 radical (unpaired) electrons. The first-order valence-electron chi connectivity index (χ1n) is 8.72. The highest BCUT2D eigenvalue weighted by Gasteiger charge is 2.79. The van der Waals surface area contributed by atoms with Crippen LogP contribution < -0.4 is 14.2 Å². The van der Waals surface area contributed by atoms with Gasteiger partial charge in [0, 0.05) is 11.5 Å². The number of ketones is 1. The molecule has 2 unspecified atom stereocenters. The van der Waals surface area contributed by atoms with Gasteiger partial charge in [-0.1, -0.05) is 56.1 Å². The molecule has 0 N–H and O–H groups in total. The van der Waals surface area contributed by atoms with Gasteiger partial charge in [0.25, 0.3) is 0 Å². The Kier molecular flexibility index (Phi) is 4.54. The Labute approximate surface area is 175 Å². The molecule has 1 spiro atoms. The second kappa shape index (κ2) is 6.52. The molecular weight excluding hydrogens is 476 g/mol. The highest BCUT2D eigenvalue weighted by molar-refractivity contribution is 9.25. The van der Waals surface area contributed by atoms with Crippen molar-refractivity contribution in [1.82, 2.24) is 0 Å². The summed E-state index contributed by atoms with van der Waals surface area (Å²) in [4.78, 5) is 13.5. The lowest BCUT2D eigenvalue weighted by Gasteiger charge is -2.25. The van der Waals surface area contributed by atoms with Gasteiger partial charge in [0.15, 0.2) is 17.3 Å². The Morgan fingerprint density at radius 3 is 2.22 bits per heavy atom. The van der Waals surface area contributed by atoms with Crippen molar-refractivity contribution in [2.75, 3.05) is 21.3 Å². The van der Waals surface area contributed by atoms with Gasteiger partial charge in [-0.3, -0.25) is 4.79 Å². The Morgan fingerprint density at radius 1 is 1.00 bits per heavy atom. The molecule has 2 aromatic carbocycles. The molecule has 6 heteroatoms. The minimum atomic E-state index is -0.536. The smallest absolute Gasteiger partial charge is 0.203 e. The summed E-state index contributed by atoms with van der Waals surface area (Å²) >= 11 is 7.62. The largest absolute Gasteiger partial charge is 0.493 e. The van der Waals surface area contributed by atoms with Gasteiger partial charge in [-0.2, -0.15) is 0 Å². The number of carbonyl (C=O) groups is 1. The molecule has 0 bridgehead atoms. The summed E-state index contributed by atoms with van der Waals surface area (Å²) in [5.74, 6) is 1.87. The molecule has 0 amide bonds. The quantitative estimate of drug-likeness (QED) is 0.553. The fourth-order valence-corrected chi connectivity index (χ4v) is 6.75. The van der Waals surface area contributed by atoms with Crippen LogP contribution in [0.3, 0.4) is 0 Å². The molecule has 0 saturated heterocycles. The maximum absolute atomic E-state index is 13.5. The van der Waals surface area contributed by atoms with Crippen LogP contribution >= 0.6 is 31.9 Å². The van der Waals surface area contributed by atoms with E-state index in [0.29, 0.717) is 17.2 Å². The van der Waals surface area contributed by atoms with Crippen LogP contribution in [0, 0.1) is 5.41 Å². The lowest BCUT2D eigenvalue weighted by atomic mass is 9.78. The number of methoxy groups -OCH3 is 3. The average Bonchev–Trinajstić information content (AvgIpc) is 3.19. The van der Waals surface area contributed by atoms with Crippen molar-refractivity contribution in [2.45, 2.75) is 22.0 Å². The van der Waals surface area contributed by atoms with Gasteiger partial charge in [0.05, 0.1) is 26.7 Å². The van der Waals surface area contributed by atoms with Crippen molar-refractivity contribution >= 4 is 37.6 Å². The van der Waals surface area contributed by atoms with Crippen LogP contribution in [-0.2, 0) is 6.42 Å². The van der Waals surface area contributed by atoms with Crippen molar-refractivity contribution in [1.29, 1.82) is 0 Å². The monoisotopic (exact) mass is 494 g/mol. The van der Waals surface area contributed by atoms with E-state index in [0.717, 1.165) is 29.5 Å². The molecule has 0 aliphatic heterocycles. The van der Waals surface area contributed by atoms with Gasteiger partial charge in [-0.05, 0) is 36.1 Å². The molecule has 0 aromatic heterocycles. The van der Waals surface area contributed by atoms with Gasteiger partial charge >= 0.3 is 0 Å². The van der Waals surface area contributed by atoms with Gasteiger partial charge in [-0.25, -0.2) is 0 Å². The number of benzene rings is 2. The van der Waals surface area contributed by atoms with Crippen molar-refractivity contribution in [3.63, 3.8) is 0 Å². The summed E-state index contributed by atoms with van der Waals surface area (Å²) in [6.07, 6.45) is 1.66. The van der Waals surface area contributed by atoms with Crippen molar-refractivity contribution in [3.05, 3.63) is 53.1 Å². The third-order valence-corrected chi connectivity index (χ3v) is 8.17. The van der Waals surface area contributed by atoms with E-state index in [9.17, 15) is 4.79 Å². The van der Waals surface area contributed by atoms with Crippen LogP contribution in [0.1, 0.15) is 33.8 Å². The summed E-state index contributed by atoms with van der Waals surface area (Å²) in [7, 11) is 4.78. The maximum atomic E-state index is 13.5. The zero-order valence-electron chi connectivity index (χ0n) is 15.3. The molecule has 1 fully saturated rings. The van der Waals surface area contributed by atoms with E-state index in [1.807, 2.05) is 36.4 Å². The first-order chi connectivity index (χ1) is 12.9. The molecule has 2 aliphatic carbocycles. The predicted molar refractivity (Wildman–Crippen MR) is 111 cm³/mol. The minimum absolute atomic E-state index is 0.0421. The third-order valence-electron chi connectivity index (χ3n) is 5.84. The predicted octanol–water partition coefficient (Wildman–Crippen LogP) is 5.11. The number of rotatable bonds is 4. The van der Waals surface area contributed by atoms with Crippen LogP contribution in [0.2, 0.25) is 0 Å². The van der Waals surface area contributed by atoms with Crippen LogP contribution in [0.5, 0.6) is 17.2 Å². The van der Waals surface area contributed by atoms with E-state index in [-0.39, 0.29) is 11.7 Å². The van der Waals surface area contributed by atoms with Gasteiger partial charge in [0.2, 0.25) is 5.75 Å². The molecule has 2 aliphatic rings. The van der Waals surface area contributed by atoms with Crippen molar-refractivity contribution < 1.29 is 19.0 Å². The average molecular weight is 496 g/mol. The first kappa shape index (κ1) is 18.8. The number of aryl methyl sites for hydroxylation is 1. The Morgan fingerprint density at radius 2 is 1.63 bits per heavy atom. The number of carbonyl (C=O) groups excluding carboxylic acids is 1. The van der Waals surface area contributed by atoms with E-state index in [1.165, 1.54) is 0 Å². The zero-order chi connectivity index (χ0) is 19.4. The molecular formula is C21H20Br2O4. The van der Waals surface area contributed by atoms with E-state index in [2.05, 4.69) is 31.9 Å². The lowest BCUT2D eigenvalue weighted by molar-refractivity contribution is 0.0875. The van der Waals surface area contributed by atoms with Gasteiger partial charge in [-0.15, -0.1) is 0 Å². The number of hydrogen-bond acceptors (Lipinski definition) is 4. The number of halogens is 2. The summed E-state index contributed by atoms with van der Waals surface area (Å²) in [5.41, 5.74) is 2.39. The van der Waals surface area contributed by atoms with E-state index >= 15 is 0 Å². The van der Waals surface area contributed by atoms with Crippen LogP contribution in [-0.4, -0.2) is 30.3 Å². The first-order valence-corrected chi connectivity index (χ1v) is 10.3. The second-order valence-electron chi connectivity index (χ2n) is 6.97. The SMILES string of the molecule is COc1cc(C2C(Br)(Br)C23CCc2ccccc2C3=O)cc(OC)c1OC. The molecule has 1 saturated carbocycles. The number of Topliss-reactive ketones (excluding diaryl/α,β-unsaturated/α-hetero) is 1. The fourth-order valence-electron chi connectivity index (χ4n) is 4.46. The third kappa shape index (κ3) is 2.49. The van der Waals surface area contributed by atoms with Crippen molar-refractivity contribution in [3.8, 4) is 17.2 Å². The number of fused-ring (bicyclic) bond motifs is 1. The van der Waals surface area contributed by atoms with Gasteiger partial charge in [0.1, 0.15) is 3.23 Å². The normalized spacial score (nSPS) is 25.1. The van der Waals surface area contributed by atoms with Gasteiger partial charge < -0.3 is 14.2 Å². The summed E-state index contributed by atoms with van der Waals surface area (Å²) in [6.45, 7) is 0. The number of hydrogen-bond donors (Lipinski definition) is 0. The number of alkyl halides is 2. The summed E-state index contributed by atoms with van der Waals surface area (Å²) in [5, 5.41) is 0. The summed E-state index contributed by atoms with van der Waals surface area (Å²) in [6, 6.07) is 11.8. The Hall–Kier alpha value is -1.53. The van der Waals surface area contributed by atoms with Crippen molar-refractivity contribution in [2.24, 2.45) is 5.41 Å². The molecule has 142 valence electrons. The molecule has 2 aromatic rings. The highest BCUT2D eigenvalue weighted by atomic mass is 79.9. The Bertz CT molecular complexity index is 899. The molecule has 4 rings (SSSR count).